The summed E-state index contributed by atoms with van der Waals surface area (Å²) in [5, 5.41) is 13.9. The molecule has 1 amide bonds. The number of ether oxygens (including phenoxy) is 2. The van der Waals surface area contributed by atoms with E-state index in [1.54, 1.807) is 66.7 Å². The molecule has 4 rings (SSSR count). The van der Waals surface area contributed by atoms with Gasteiger partial charge < -0.3 is 14.6 Å². The Kier molecular flexibility index (Phi) is 10.8. The Morgan fingerprint density at radius 2 is 2.00 bits per heavy atom. The third kappa shape index (κ3) is 7.23. The summed E-state index contributed by atoms with van der Waals surface area (Å²) in [5.41, 5.74) is 15.8. The summed E-state index contributed by atoms with van der Waals surface area (Å²) >= 11 is 12.3. The maximum absolute atomic E-state index is 13.9. The summed E-state index contributed by atoms with van der Waals surface area (Å²) in [6, 6.07) is 19.2. The highest BCUT2D eigenvalue weighted by Gasteiger charge is 2.53. The van der Waals surface area contributed by atoms with Gasteiger partial charge in [0.25, 0.3) is 5.91 Å². The number of nitrogens with zero attached hydrogens (tertiary/aromatic N) is 4. The number of hydrogen-bond donors (Lipinski definition) is 3. The van der Waals surface area contributed by atoms with Crippen molar-refractivity contribution in [3.05, 3.63) is 117 Å². The zero-order valence-electron chi connectivity index (χ0n) is 22.7. The molecule has 10 nitrogen and oxygen atoms in total. The van der Waals surface area contributed by atoms with E-state index in [-0.39, 0.29) is 18.9 Å². The number of aliphatic hydroxyl groups excluding tert-OH is 1. The Bertz CT molecular complexity index is 1490. The van der Waals surface area contributed by atoms with Crippen molar-refractivity contribution in [3.8, 4) is 5.75 Å². The molecule has 3 aromatic carbocycles. The number of benzene rings is 3. The fourth-order valence-corrected chi connectivity index (χ4v) is 5.04. The van der Waals surface area contributed by atoms with E-state index in [1.165, 1.54) is 0 Å². The molecular weight excluding hydrogens is 579 g/mol. The molecule has 0 bridgehead atoms. The van der Waals surface area contributed by atoms with Crippen molar-refractivity contribution in [2.45, 2.75) is 30.9 Å². The summed E-state index contributed by atoms with van der Waals surface area (Å²) in [7, 11) is 0. The number of azide groups is 1. The van der Waals surface area contributed by atoms with Gasteiger partial charge in [0.1, 0.15) is 5.75 Å². The van der Waals surface area contributed by atoms with Crippen molar-refractivity contribution in [2.75, 3.05) is 19.8 Å². The predicted molar refractivity (Wildman–Crippen MR) is 163 cm³/mol. The van der Waals surface area contributed by atoms with Crippen molar-refractivity contribution in [3.63, 3.8) is 0 Å². The predicted octanol–water partition coefficient (Wildman–Crippen LogP) is 6.39. The Morgan fingerprint density at radius 3 is 2.71 bits per heavy atom. The molecule has 1 aliphatic rings. The van der Waals surface area contributed by atoms with E-state index < -0.39 is 17.6 Å². The molecule has 0 saturated carbocycles. The standard InChI is InChI=1S/C30H30Cl2N6O4/c1-2-15-30(29(40)37-34-16-14-20-8-11-22(31)19-25(20)32)27(24-6-3-4-7-26(24)36-38-33)42-28(35-30)21-9-12-23(13-10-21)41-18-5-17-39/h2-4,6-13,19,27,34,39H,1,5,14-18H2,(H,37,40)/t27-,30-/m0/s1. The molecule has 42 heavy (non-hydrogen) atoms. The average Bonchev–Trinajstić information content (AvgIpc) is 3.37. The summed E-state index contributed by atoms with van der Waals surface area (Å²) in [6.07, 6.45) is 1.85. The van der Waals surface area contributed by atoms with Crippen molar-refractivity contribution >= 4 is 40.7 Å². The molecule has 3 aromatic rings. The molecule has 218 valence electrons. The Morgan fingerprint density at radius 1 is 1.21 bits per heavy atom. The Labute approximate surface area is 253 Å². The Hall–Kier alpha value is -4.05. The number of hydrogen-bond acceptors (Lipinski definition) is 7. The van der Waals surface area contributed by atoms with Gasteiger partial charge in [-0.3, -0.25) is 10.2 Å². The fourth-order valence-electron chi connectivity index (χ4n) is 4.53. The molecule has 0 unspecified atom stereocenters. The maximum Gasteiger partial charge on any atom is 0.266 e. The zero-order valence-corrected chi connectivity index (χ0v) is 24.2. The second-order valence-electron chi connectivity index (χ2n) is 9.40. The third-order valence-electron chi connectivity index (χ3n) is 6.59. The average molecular weight is 610 g/mol. The van der Waals surface area contributed by atoms with Crippen LogP contribution in [0, 0.1) is 0 Å². The van der Waals surface area contributed by atoms with Crippen molar-refractivity contribution in [2.24, 2.45) is 10.1 Å². The molecule has 0 saturated heterocycles. The van der Waals surface area contributed by atoms with Crippen LogP contribution in [-0.2, 0) is 16.0 Å². The van der Waals surface area contributed by atoms with Crippen molar-refractivity contribution in [1.82, 2.24) is 10.9 Å². The van der Waals surface area contributed by atoms with Gasteiger partial charge in [-0.25, -0.2) is 10.4 Å². The molecule has 0 spiro atoms. The van der Waals surface area contributed by atoms with Gasteiger partial charge in [0, 0.05) is 57.8 Å². The second kappa shape index (κ2) is 14.7. The Balaban J connectivity index is 1.62. The first-order valence-electron chi connectivity index (χ1n) is 13.2. The van der Waals surface area contributed by atoms with E-state index in [2.05, 4.69) is 27.5 Å². The summed E-state index contributed by atoms with van der Waals surface area (Å²) in [4.78, 5) is 21.7. The second-order valence-corrected chi connectivity index (χ2v) is 10.2. The minimum Gasteiger partial charge on any atom is -0.494 e. The third-order valence-corrected chi connectivity index (χ3v) is 7.18. The number of aliphatic imine (C=N–C) groups is 1. The SMILES string of the molecule is C=CC[C@]1(C(=O)NNCCc2ccc(Cl)cc2Cl)N=C(c2ccc(OCCCO)cc2)O[C@H]1c1ccccc1N=[N+]=[N-]. The largest absolute Gasteiger partial charge is 0.494 e. The molecule has 12 heteroatoms. The van der Waals surface area contributed by atoms with Crippen LogP contribution in [0.1, 0.15) is 35.6 Å². The number of nitrogens with one attached hydrogen (secondary N) is 2. The first-order chi connectivity index (χ1) is 20.4. The van der Waals surface area contributed by atoms with Crippen molar-refractivity contribution < 1.29 is 19.4 Å². The molecule has 3 N–H and O–H groups in total. The summed E-state index contributed by atoms with van der Waals surface area (Å²) in [5.74, 6) is 0.406. The molecule has 2 atom stereocenters. The van der Waals surface area contributed by atoms with E-state index in [4.69, 9.17) is 42.8 Å². The van der Waals surface area contributed by atoms with E-state index >= 15 is 0 Å². The van der Waals surface area contributed by atoms with Gasteiger partial charge in [-0.15, -0.1) is 6.58 Å². The number of carbonyl (C=O) groups excluding carboxylic acids is 1. The molecule has 1 heterocycles. The number of aliphatic hydroxyl groups is 1. The lowest BCUT2D eigenvalue weighted by atomic mass is 9.84. The van der Waals surface area contributed by atoms with Crippen LogP contribution in [0.3, 0.4) is 0 Å². The number of carbonyl (C=O) groups is 1. The van der Waals surface area contributed by atoms with Crippen LogP contribution in [-0.4, -0.2) is 42.2 Å². The highest BCUT2D eigenvalue weighted by molar-refractivity contribution is 6.35. The van der Waals surface area contributed by atoms with Gasteiger partial charge in [0.2, 0.25) is 5.90 Å². The monoisotopic (exact) mass is 608 g/mol. The summed E-state index contributed by atoms with van der Waals surface area (Å²) in [6.45, 7) is 4.67. The summed E-state index contributed by atoms with van der Waals surface area (Å²) < 4.78 is 12.0. The highest BCUT2D eigenvalue weighted by Crippen LogP contribution is 2.45. The van der Waals surface area contributed by atoms with E-state index in [0.717, 1.165) is 5.56 Å². The maximum atomic E-state index is 13.9. The van der Waals surface area contributed by atoms with E-state index in [0.29, 0.717) is 58.6 Å². The van der Waals surface area contributed by atoms with Crippen LogP contribution < -0.4 is 15.6 Å². The van der Waals surface area contributed by atoms with Crippen LogP contribution in [0.5, 0.6) is 5.75 Å². The topological polar surface area (TPSA) is 141 Å². The van der Waals surface area contributed by atoms with E-state index in [1.807, 2.05) is 6.07 Å². The minimum atomic E-state index is -1.47. The highest BCUT2D eigenvalue weighted by atomic mass is 35.5. The lowest BCUT2D eigenvalue weighted by molar-refractivity contribution is -0.129. The fraction of sp³-hybridized carbons (Fsp3) is 0.267. The van der Waals surface area contributed by atoms with Gasteiger partial charge in [-0.2, -0.15) is 0 Å². The number of amides is 1. The minimum absolute atomic E-state index is 0.0403. The molecule has 1 aliphatic heterocycles. The van der Waals surface area contributed by atoms with Gasteiger partial charge in [0.15, 0.2) is 11.6 Å². The number of hydrazine groups is 1. The smallest absolute Gasteiger partial charge is 0.266 e. The lowest BCUT2D eigenvalue weighted by Crippen LogP contribution is -2.52. The first-order valence-corrected chi connectivity index (χ1v) is 14.0. The molecule has 0 aromatic heterocycles. The van der Waals surface area contributed by atoms with Crippen LogP contribution in [0.4, 0.5) is 5.69 Å². The number of halogens is 2. The van der Waals surface area contributed by atoms with Crippen LogP contribution in [0.25, 0.3) is 10.4 Å². The van der Waals surface area contributed by atoms with Gasteiger partial charge >= 0.3 is 0 Å². The lowest BCUT2D eigenvalue weighted by Gasteiger charge is -2.30. The number of rotatable bonds is 14. The van der Waals surface area contributed by atoms with Gasteiger partial charge in [-0.1, -0.05) is 64.7 Å². The van der Waals surface area contributed by atoms with Crippen LogP contribution >= 0.6 is 23.2 Å². The quantitative estimate of drug-likeness (QED) is 0.0485. The van der Waals surface area contributed by atoms with Crippen LogP contribution in [0.15, 0.2) is 89.5 Å². The molecule has 0 aliphatic carbocycles. The normalized spacial score (nSPS) is 17.5. The van der Waals surface area contributed by atoms with Crippen molar-refractivity contribution in [1.29, 1.82) is 0 Å². The molecule has 0 radical (unpaired) electrons. The van der Waals surface area contributed by atoms with Gasteiger partial charge in [-0.05, 0) is 53.9 Å². The molecular formula is C30H30Cl2N6O4. The zero-order chi connectivity index (χ0) is 30.0. The van der Waals surface area contributed by atoms with Gasteiger partial charge in [0.05, 0.1) is 6.61 Å². The van der Waals surface area contributed by atoms with Crippen LogP contribution in [0.2, 0.25) is 10.0 Å². The molecule has 0 fully saturated rings. The van der Waals surface area contributed by atoms with E-state index in [9.17, 15) is 10.3 Å². The first kappa shape index (κ1) is 30.9.